The summed E-state index contributed by atoms with van der Waals surface area (Å²) in [4.78, 5) is 20.2. The Morgan fingerprint density at radius 3 is 2.45 bits per heavy atom. The van der Waals surface area contributed by atoms with Crippen LogP contribution in [0.25, 0.3) is 0 Å². The molecule has 0 heterocycles. The van der Waals surface area contributed by atoms with Crippen LogP contribution >= 0.6 is 0 Å². The fourth-order valence-corrected chi connectivity index (χ4v) is 0.606. The first-order chi connectivity index (χ1) is 5.04. The maximum absolute atomic E-state index is 10.1. The van der Waals surface area contributed by atoms with E-state index in [1.54, 1.807) is 0 Å². The minimum Gasteiger partial charge on any atom is -0.480 e. The molecule has 0 rings (SSSR count). The molecule has 0 aromatic heterocycles. The van der Waals surface area contributed by atoms with Gasteiger partial charge in [-0.2, -0.15) is 0 Å². The van der Waals surface area contributed by atoms with Crippen LogP contribution in [0.5, 0.6) is 0 Å². The van der Waals surface area contributed by atoms with Crippen LogP contribution in [0.4, 0.5) is 0 Å². The van der Waals surface area contributed by atoms with Crippen LogP contribution in [-0.4, -0.2) is 23.0 Å². The van der Waals surface area contributed by atoms with Crippen molar-refractivity contribution >= 4 is 11.9 Å². The number of carboxylic acids is 1. The van der Waals surface area contributed by atoms with Crippen molar-refractivity contribution in [2.24, 2.45) is 5.73 Å². The van der Waals surface area contributed by atoms with E-state index in [-0.39, 0.29) is 12.8 Å². The number of hydrogen-bond acceptors (Lipinski definition) is 3. The Kier molecular flexibility index (Phi) is 4.21. The zero-order valence-corrected chi connectivity index (χ0v) is 6.04. The number of carbonyl (C=O) groups excluding carboxylic acids is 1. The average molecular weight is 159 g/mol. The molecule has 1 unspecified atom stereocenters. The number of nitrogens with two attached hydrogens (primary N) is 1. The Morgan fingerprint density at radius 1 is 1.55 bits per heavy atom. The number of carbonyl (C=O) groups is 2. The zero-order chi connectivity index (χ0) is 8.85. The van der Waals surface area contributed by atoms with E-state index in [0.717, 1.165) is 0 Å². The zero-order valence-electron chi connectivity index (χ0n) is 6.04. The fourth-order valence-electron chi connectivity index (χ4n) is 0.606. The molecule has 5 nitrogen and oxygen atoms in total. The molecular formula is C6H11N2O3. The molecule has 0 aliphatic heterocycles. The summed E-state index contributed by atoms with van der Waals surface area (Å²) >= 11 is 0. The van der Waals surface area contributed by atoms with Gasteiger partial charge in [0.2, 0.25) is 5.91 Å². The van der Waals surface area contributed by atoms with E-state index >= 15 is 0 Å². The minimum atomic E-state index is -1.07. The van der Waals surface area contributed by atoms with Gasteiger partial charge in [-0.3, -0.25) is 15.3 Å². The first-order valence-electron chi connectivity index (χ1n) is 3.27. The normalized spacial score (nSPS) is 12.5. The second kappa shape index (κ2) is 4.68. The fraction of sp³-hybridized carbons (Fsp3) is 0.667. The van der Waals surface area contributed by atoms with Crippen LogP contribution in [-0.2, 0) is 9.59 Å². The first-order valence-corrected chi connectivity index (χ1v) is 3.27. The van der Waals surface area contributed by atoms with Crippen molar-refractivity contribution in [1.82, 2.24) is 5.73 Å². The topological polar surface area (TPSA) is 104 Å². The van der Waals surface area contributed by atoms with Crippen LogP contribution in [0.15, 0.2) is 0 Å². The highest BCUT2D eigenvalue weighted by molar-refractivity contribution is 5.74. The predicted molar refractivity (Wildman–Crippen MR) is 37.6 cm³/mol. The molecule has 1 atom stereocenters. The third-order valence-corrected chi connectivity index (χ3v) is 1.24. The van der Waals surface area contributed by atoms with Crippen molar-refractivity contribution in [3.05, 3.63) is 0 Å². The van der Waals surface area contributed by atoms with E-state index in [1.165, 1.54) is 0 Å². The van der Waals surface area contributed by atoms with E-state index in [0.29, 0.717) is 6.42 Å². The summed E-state index contributed by atoms with van der Waals surface area (Å²) in [6, 6.07) is -0.908. The van der Waals surface area contributed by atoms with Gasteiger partial charge in [0.1, 0.15) is 6.04 Å². The Bertz CT molecular complexity index is 158. The van der Waals surface area contributed by atoms with Gasteiger partial charge in [-0.1, -0.05) is 0 Å². The summed E-state index contributed by atoms with van der Waals surface area (Å²) in [5.74, 6) is -1.75. The summed E-state index contributed by atoms with van der Waals surface area (Å²) in [6.45, 7) is 0. The molecule has 0 aromatic carbocycles. The second-order valence-electron chi connectivity index (χ2n) is 2.26. The quantitative estimate of drug-likeness (QED) is 0.557. The number of aliphatic carboxylic acids is 1. The maximum Gasteiger partial charge on any atom is 0.320 e. The third kappa shape index (κ3) is 5.35. The van der Waals surface area contributed by atoms with E-state index < -0.39 is 17.9 Å². The van der Waals surface area contributed by atoms with Gasteiger partial charge in [0.05, 0.1) is 0 Å². The largest absolute Gasteiger partial charge is 0.480 e. The lowest BCUT2D eigenvalue weighted by molar-refractivity contribution is -0.138. The van der Waals surface area contributed by atoms with E-state index in [9.17, 15) is 9.59 Å². The van der Waals surface area contributed by atoms with Crippen molar-refractivity contribution in [1.29, 1.82) is 0 Å². The molecule has 0 spiro atoms. The number of carboxylic acid groups (broad SMARTS) is 1. The van der Waals surface area contributed by atoms with Crippen molar-refractivity contribution in [2.75, 3.05) is 0 Å². The minimum absolute atomic E-state index is 0.0843. The molecule has 0 aromatic rings. The standard InChI is InChI=1S/C6H11N2O3/c7-4(6(10)11)2-1-3-5(8)9/h4,8H,1-3,7H2,(H,10,11). The smallest absolute Gasteiger partial charge is 0.320 e. The lowest BCUT2D eigenvalue weighted by Gasteiger charge is -2.02. The Labute approximate surface area is 64.4 Å². The summed E-state index contributed by atoms with van der Waals surface area (Å²) in [5.41, 5.74) is 11.6. The lowest BCUT2D eigenvalue weighted by Crippen LogP contribution is -2.29. The molecule has 0 bridgehead atoms. The van der Waals surface area contributed by atoms with E-state index in [1.807, 2.05) is 0 Å². The molecule has 11 heavy (non-hydrogen) atoms. The van der Waals surface area contributed by atoms with Crippen LogP contribution in [0.1, 0.15) is 19.3 Å². The molecule has 4 N–H and O–H groups in total. The molecule has 0 saturated heterocycles. The van der Waals surface area contributed by atoms with Crippen molar-refractivity contribution in [2.45, 2.75) is 25.3 Å². The van der Waals surface area contributed by atoms with Gasteiger partial charge in [0.15, 0.2) is 0 Å². The van der Waals surface area contributed by atoms with Crippen LogP contribution < -0.4 is 11.5 Å². The van der Waals surface area contributed by atoms with E-state index in [2.05, 4.69) is 0 Å². The molecule has 63 valence electrons. The SMILES string of the molecule is [NH]C(=O)CCCC(N)C(=O)O. The molecule has 0 saturated carbocycles. The maximum atomic E-state index is 10.1. The predicted octanol–water partition coefficient (Wildman–Crippen LogP) is -0.622. The summed E-state index contributed by atoms with van der Waals surface area (Å²) < 4.78 is 0. The first kappa shape index (κ1) is 9.90. The summed E-state index contributed by atoms with van der Waals surface area (Å²) in [5, 5.41) is 8.29. The van der Waals surface area contributed by atoms with Gasteiger partial charge in [-0.25, -0.2) is 0 Å². The van der Waals surface area contributed by atoms with Gasteiger partial charge >= 0.3 is 5.97 Å². The summed E-state index contributed by atoms with van der Waals surface area (Å²) in [7, 11) is 0. The van der Waals surface area contributed by atoms with Gasteiger partial charge in [0.25, 0.3) is 0 Å². The monoisotopic (exact) mass is 159 g/mol. The molecule has 1 amide bonds. The van der Waals surface area contributed by atoms with Crippen molar-refractivity contribution < 1.29 is 14.7 Å². The van der Waals surface area contributed by atoms with Crippen LogP contribution in [0.2, 0.25) is 0 Å². The highest BCUT2D eigenvalue weighted by atomic mass is 16.4. The van der Waals surface area contributed by atoms with Gasteiger partial charge in [-0.15, -0.1) is 0 Å². The molecular weight excluding hydrogens is 148 g/mol. The van der Waals surface area contributed by atoms with Crippen molar-refractivity contribution in [3.63, 3.8) is 0 Å². The number of amides is 1. The van der Waals surface area contributed by atoms with Crippen molar-refractivity contribution in [3.8, 4) is 0 Å². The second-order valence-corrected chi connectivity index (χ2v) is 2.26. The molecule has 0 fully saturated rings. The lowest BCUT2D eigenvalue weighted by atomic mass is 10.1. The number of rotatable bonds is 5. The van der Waals surface area contributed by atoms with Crippen LogP contribution in [0, 0.1) is 0 Å². The molecule has 1 radical (unpaired) electrons. The van der Waals surface area contributed by atoms with Crippen LogP contribution in [0.3, 0.4) is 0 Å². The van der Waals surface area contributed by atoms with E-state index in [4.69, 9.17) is 16.6 Å². The average Bonchev–Trinajstić information content (AvgIpc) is 1.86. The molecule has 0 aliphatic rings. The summed E-state index contributed by atoms with van der Waals surface area (Å²) in [6.07, 6.45) is 0.705. The number of hydrogen-bond donors (Lipinski definition) is 2. The Morgan fingerprint density at radius 2 is 2.09 bits per heavy atom. The van der Waals surface area contributed by atoms with Gasteiger partial charge in [-0.05, 0) is 12.8 Å². The highest BCUT2D eigenvalue weighted by Crippen LogP contribution is 1.98. The molecule has 5 heteroatoms. The van der Waals surface area contributed by atoms with Gasteiger partial charge < -0.3 is 10.8 Å². The molecule has 0 aliphatic carbocycles. The highest BCUT2D eigenvalue weighted by Gasteiger charge is 2.10. The Hall–Kier alpha value is -1.10. The number of nitrogens with one attached hydrogen (secondary N) is 1. The Balaban J connectivity index is 3.39. The van der Waals surface area contributed by atoms with Gasteiger partial charge in [0, 0.05) is 6.42 Å². The third-order valence-electron chi connectivity index (χ3n) is 1.24.